The van der Waals surface area contributed by atoms with Crippen molar-refractivity contribution in [2.24, 2.45) is 29.0 Å². The molecule has 0 amide bonds. The number of rotatable bonds is 4. The second-order valence-corrected chi connectivity index (χ2v) is 7.20. The maximum absolute atomic E-state index is 9.41. The van der Waals surface area contributed by atoms with E-state index in [-0.39, 0.29) is 6.10 Å². The fourth-order valence-electron chi connectivity index (χ4n) is 5.32. The van der Waals surface area contributed by atoms with Gasteiger partial charge in [-0.25, -0.2) is 5.01 Å². The summed E-state index contributed by atoms with van der Waals surface area (Å²) in [7, 11) is 0. The first kappa shape index (κ1) is 11.9. The average Bonchev–Trinajstić information content (AvgIpc) is 2.11. The van der Waals surface area contributed by atoms with Gasteiger partial charge in [-0.2, -0.15) is 0 Å². The first-order valence-corrected chi connectivity index (χ1v) is 7.22. The lowest BCUT2D eigenvalue weighted by Gasteiger charge is -2.57. The highest BCUT2D eigenvalue weighted by Crippen LogP contribution is 2.60. The van der Waals surface area contributed by atoms with E-state index in [4.69, 9.17) is 5.84 Å². The molecule has 17 heavy (non-hydrogen) atoms. The number of aliphatic hydroxyl groups is 1. The van der Waals surface area contributed by atoms with E-state index in [9.17, 15) is 5.11 Å². The summed E-state index contributed by atoms with van der Waals surface area (Å²) in [5, 5.41) is 11.3. The number of hydrogen-bond acceptors (Lipinski definition) is 3. The van der Waals surface area contributed by atoms with Gasteiger partial charge in [0.05, 0.1) is 6.10 Å². The average molecular weight is 238 g/mol. The molecule has 0 radical (unpaired) electrons. The number of nitrogens with two attached hydrogens (primary N) is 1. The van der Waals surface area contributed by atoms with Crippen molar-refractivity contribution in [2.45, 2.75) is 51.6 Å². The second kappa shape index (κ2) is 4.22. The molecule has 0 spiro atoms. The van der Waals surface area contributed by atoms with Gasteiger partial charge < -0.3 is 5.11 Å². The van der Waals surface area contributed by atoms with Crippen LogP contribution < -0.4 is 5.84 Å². The first-order valence-electron chi connectivity index (χ1n) is 7.22. The molecule has 3 N–H and O–H groups in total. The van der Waals surface area contributed by atoms with E-state index in [1.54, 1.807) is 0 Å². The third-order valence-corrected chi connectivity index (χ3v) is 5.20. The van der Waals surface area contributed by atoms with Crippen molar-refractivity contribution in [1.82, 2.24) is 5.01 Å². The maximum atomic E-state index is 9.41. The summed E-state index contributed by atoms with van der Waals surface area (Å²) in [6.45, 7) is 3.43. The van der Waals surface area contributed by atoms with Crippen molar-refractivity contribution in [3.63, 3.8) is 0 Å². The lowest BCUT2D eigenvalue weighted by Crippen LogP contribution is -2.53. The minimum Gasteiger partial charge on any atom is -0.392 e. The minimum absolute atomic E-state index is 0.311. The molecule has 0 aliphatic heterocycles. The van der Waals surface area contributed by atoms with Gasteiger partial charge in [-0.05, 0) is 68.6 Å². The van der Waals surface area contributed by atoms with Crippen molar-refractivity contribution >= 4 is 0 Å². The van der Waals surface area contributed by atoms with Crippen molar-refractivity contribution in [3.8, 4) is 0 Å². The molecule has 0 heterocycles. The van der Waals surface area contributed by atoms with Crippen LogP contribution in [0.3, 0.4) is 0 Å². The topological polar surface area (TPSA) is 49.5 Å². The zero-order valence-corrected chi connectivity index (χ0v) is 10.9. The zero-order valence-electron chi connectivity index (χ0n) is 10.9. The second-order valence-electron chi connectivity index (χ2n) is 7.20. The maximum Gasteiger partial charge on any atom is 0.0653 e. The molecule has 3 heteroatoms. The zero-order chi connectivity index (χ0) is 12.0. The third-order valence-electron chi connectivity index (χ3n) is 5.20. The summed E-state index contributed by atoms with van der Waals surface area (Å²) in [5.74, 6) is 9.03. The molecule has 0 saturated heterocycles. The Hall–Kier alpha value is -0.120. The molecular formula is C14H26N2O. The van der Waals surface area contributed by atoms with Crippen LogP contribution in [0.1, 0.15) is 45.4 Å². The van der Waals surface area contributed by atoms with Gasteiger partial charge in [0.1, 0.15) is 0 Å². The van der Waals surface area contributed by atoms with Gasteiger partial charge in [0, 0.05) is 13.1 Å². The Morgan fingerprint density at radius 1 is 1.18 bits per heavy atom. The highest BCUT2D eigenvalue weighted by atomic mass is 16.3. The SMILES string of the molecule is CC(O)CN(N)CC12CC3CC(CC(C3)C1)C2. The van der Waals surface area contributed by atoms with Crippen LogP contribution in [-0.2, 0) is 0 Å². The van der Waals surface area contributed by atoms with Gasteiger partial charge in [-0.3, -0.25) is 5.84 Å². The summed E-state index contributed by atoms with van der Waals surface area (Å²) in [6.07, 6.45) is 8.33. The monoisotopic (exact) mass is 238 g/mol. The van der Waals surface area contributed by atoms with Crippen LogP contribution in [0, 0.1) is 23.2 Å². The summed E-state index contributed by atoms with van der Waals surface area (Å²) in [6, 6.07) is 0. The van der Waals surface area contributed by atoms with Crippen LogP contribution in [0.2, 0.25) is 0 Å². The quantitative estimate of drug-likeness (QED) is 0.579. The lowest BCUT2D eigenvalue weighted by molar-refractivity contribution is -0.0726. The normalized spacial score (nSPS) is 45.5. The van der Waals surface area contributed by atoms with Crippen LogP contribution >= 0.6 is 0 Å². The Bertz CT molecular complexity index is 255. The van der Waals surface area contributed by atoms with E-state index in [0.717, 1.165) is 24.3 Å². The minimum atomic E-state index is -0.311. The number of aliphatic hydroxyl groups excluding tert-OH is 1. The molecule has 0 aromatic heterocycles. The Kier molecular flexibility index (Phi) is 2.96. The van der Waals surface area contributed by atoms with Crippen molar-refractivity contribution in [3.05, 3.63) is 0 Å². The van der Waals surface area contributed by atoms with Gasteiger partial charge in [-0.1, -0.05) is 0 Å². The number of nitrogens with zero attached hydrogens (tertiary/aromatic N) is 1. The van der Waals surface area contributed by atoms with E-state index >= 15 is 0 Å². The van der Waals surface area contributed by atoms with Crippen molar-refractivity contribution < 1.29 is 5.11 Å². The first-order chi connectivity index (χ1) is 8.05. The summed E-state index contributed by atoms with van der Waals surface area (Å²) < 4.78 is 0. The van der Waals surface area contributed by atoms with Gasteiger partial charge in [0.25, 0.3) is 0 Å². The molecule has 0 aromatic rings. The van der Waals surface area contributed by atoms with Crippen LogP contribution in [-0.4, -0.2) is 29.3 Å². The molecule has 3 nitrogen and oxygen atoms in total. The molecule has 4 aliphatic rings. The largest absolute Gasteiger partial charge is 0.392 e. The number of hydrogen-bond donors (Lipinski definition) is 2. The Morgan fingerprint density at radius 2 is 1.65 bits per heavy atom. The molecule has 4 aliphatic carbocycles. The van der Waals surface area contributed by atoms with E-state index in [0.29, 0.717) is 12.0 Å². The Balaban J connectivity index is 1.65. The summed E-state index contributed by atoms with van der Waals surface area (Å²) in [5.41, 5.74) is 0.498. The van der Waals surface area contributed by atoms with Gasteiger partial charge in [-0.15, -0.1) is 0 Å². The van der Waals surface area contributed by atoms with Gasteiger partial charge in [0.2, 0.25) is 0 Å². The Labute approximate surface area is 104 Å². The predicted octanol–water partition coefficient (Wildman–Crippen LogP) is 1.76. The molecule has 1 unspecified atom stereocenters. The molecule has 4 bridgehead atoms. The van der Waals surface area contributed by atoms with Gasteiger partial charge >= 0.3 is 0 Å². The fourth-order valence-corrected chi connectivity index (χ4v) is 5.32. The van der Waals surface area contributed by atoms with Crippen molar-refractivity contribution in [2.75, 3.05) is 13.1 Å². The highest BCUT2D eigenvalue weighted by Gasteiger charge is 2.51. The fraction of sp³-hybridized carbons (Fsp3) is 1.00. The Morgan fingerprint density at radius 3 is 2.06 bits per heavy atom. The molecule has 0 aromatic carbocycles. The van der Waals surface area contributed by atoms with Crippen LogP contribution in [0.15, 0.2) is 0 Å². The standard InChI is InChI=1S/C14H26N2O/c1-10(17)8-16(15)9-14-5-11-2-12(6-14)4-13(3-11)7-14/h10-13,17H,2-9,15H2,1H3. The smallest absolute Gasteiger partial charge is 0.0653 e. The molecular weight excluding hydrogens is 212 g/mol. The molecule has 1 atom stereocenters. The van der Waals surface area contributed by atoms with E-state index < -0.39 is 0 Å². The van der Waals surface area contributed by atoms with Crippen LogP contribution in [0.5, 0.6) is 0 Å². The molecule has 4 saturated carbocycles. The predicted molar refractivity (Wildman–Crippen MR) is 68.0 cm³/mol. The van der Waals surface area contributed by atoms with Crippen LogP contribution in [0.4, 0.5) is 0 Å². The number of hydrazine groups is 1. The highest BCUT2D eigenvalue weighted by molar-refractivity contribution is 5.02. The summed E-state index contributed by atoms with van der Waals surface area (Å²) in [4.78, 5) is 0. The van der Waals surface area contributed by atoms with Crippen LogP contribution in [0.25, 0.3) is 0 Å². The van der Waals surface area contributed by atoms with E-state index in [1.165, 1.54) is 38.5 Å². The van der Waals surface area contributed by atoms with E-state index in [1.807, 2.05) is 11.9 Å². The molecule has 4 rings (SSSR count). The lowest BCUT2D eigenvalue weighted by atomic mass is 9.49. The van der Waals surface area contributed by atoms with Crippen molar-refractivity contribution in [1.29, 1.82) is 0 Å². The third kappa shape index (κ3) is 2.38. The molecule has 4 fully saturated rings. The van der Waals surface area contributed by atoms with E-state index in [2.05, 4.69) is 0 Å². The van der Waals surface area contributed by atoms with Gasteiger partial charge in [0.15, 0.2) is 0 Å². The molecule has 98 valence electrons. The summed E-state index contributed by atoms with van der Waals surface area (Å²) >= 11 is 0.